The van der Waals surface area contributed by atoms with Gasteiger partial charge in [0.1, 0.15) is 11.6 Å². The first-order chi connectivity index (χ1) is 14.6. The zero-order valence-corrected chi connectivity index (χ0v) is 17.0. The minimum atomic E-state index is -0.342. The van der Waals surface area contributed by atoms with Crippen LogP contribution in [0.3, 0.4) is 0 Å². The van der Waals surface area contributed by atoms with Gasteiger partial charge in [-0.3, -0.25) is 9.69 Å². The lowest BCUT2D eigenvalue weighted by atomic mass is 10.1. The van der Waals surface area contributed by atoms with Crippen LogP contribution in [-0.4, -0.2) is 33.9 Å². The van der Waals surface area contributed by atoms with Gasteiger partial charge in [-0.2, -0.15) is 0 Å². The molecule has 0 bridgehead atoms. The van der Waals surface area contributed by atoms with Gasteiger partial charge < -0.3 is 5.32 Å². The number of likely N-dealkylation sites (tertiary alicyclic amines) is 1. The van der Waals surface area contributed by atoms with Gasteiger partial charge in [0, 0.05) is 18.4 Å². The Bertz CT molecular complexity index is 1010. The molecule has 1 amide bonds. The number of nitrogens with zero attached hydrogens (tertiary/aromatic N) is 3. The second-order valence-corrected chi connectivity index (χ2v) is 7.62. The number of carbonyl (C=O) groups excluding carboxylic acids is 1. The predicted molar refractivity (Wildman–Crippen MR) is 115 cm³/mol. The maximum absolute atomic E-state index is 13.0. The van der Waals surface area contributed by atoms with Crippen LogP contribution >= 0.6 is 0 Å². The van der Waals surface area contributed by atoms with E-state index in [9.17, 15) is 9.18 Å². The van der Waals surface area contributed by atoms with Crippen molar-refractivity contribution in [1.29, 1.82) is 0 Å². The standard InChI is InChI=1S/C24H25FN4O/c1-17-21(24(30)28-20-11-9-19(25)10-12-20)16-26-23(27-17)22-8-5-14-29(22)15-13-18-6-3-2-4-7-18/h2-4,6-7,9-12,16,22H,5,8,13-15H2,1H3,(H,28,30). The summed E-state index contributed by atoms with van der Waals surface area (Å²) in [5, 5.41) is 2.77. The predicted octanol–water partition coefficient (Wildman–Crippen LogP) is 4.56. The van der Waals surface area contributed by atoms with E-state index in [4.69, 9.17) is 0 Å². The number of halogens is 1. The van der Waals surface area contributed by atoms with Gasteiger partial charge in [0.05, 0.1) is 17.3 Å². The summed E-state index contributed by atoms with van der Waals surface area (Å²) in [6.07, 6.45) is 4.74. The first-order valence-corrected chi connectivity index (χ1v) is 10.3. The second-order valence-electron chi connectivity index (χ2n) is 7.62. The molecule has 0 spiro atoms. The molecular formula is C24H25FN4O. The molecule has 1 fully saturated rings. The van der Waals surface area contributed by atoms with Gasteiger partial charge >= 0.3 is 0 Å². The van der Waals surface area contributed by atoms with E-state index in [-0.39, 0.29) is 17.8 Å². The summed E-state index contributed by atoms with van der Waals surface area (Å²) in [7, 11) is 0. The number of hydrogen-bond acceptors (Lipinski definition) is 4. The number of amides is 1. The van der Waals surface area contributed by atoms with Crippen LogP contribution in [0.2, 0.25) is 0 Å². The number of nitrogens with one attached hydrogen (secondary N) is 1. The molecule has 30 heavy (non-hydrogen) atoms. The van der Waals surface area contributed by atoms with E-state index in [0.717, 1.165) is 38.2 Å². The zero-order chi connectivity index (χ0) is 20.9. The molecule has 0 radical (unpaired) electrons. The Kier molecular flexibility index (Phi) is 6.14. The minimum Gasteiger partial charge on any atom is -0.322 e. The van der Waals surface area contributed by atoms with Crippen LogP contribution in [0.25, 0.3) is 0 Å². The summed E-state index contributed by atoms with van der Waals surface area (Å²) < 4.78 is 13.0. The zero-order valence-electron chi connectivity index (χ0n) is 17.0. The van der Waals surface area contributed by atoms with E-state index >= 15 is 0 Å². The van der Waals surface area contributed by atoms with Crippen molar-refractivity contribution >= 4 is 11.6 Å². The van der Waals surface area contributed by atoms with Crippen molar-refractivity contribution in [3.63, 3.8) is 0 Å². The summed E-state index contributed by atoms with van der Waals surface area (Å²) in [6, 6.07) is 16.3. The Morgan fingerprint density at radius 2 is 1.93 bits per heavy atom. The molecule has 2 heterocycles. The first kappa shape index (κ1) is 20.2. The molecule has 1 aliphatic rings. The van der Waals surface area contributed by atoms with Crippen molar-refractivity contribution in [2.75, 3.05) is 18.4 Å². The fourth-order valence-corrected chi connectivity index (χ4v) is 3.90. The maximum Gasteiger partial charge on any atom is 0.259 e. The van der Waals surface area contributed by atoms with Crippen LogP contribution in [0.15, 0.2) is 60.8 Å². The summed E-state index contributed by atoms with van der Waals surface area (Å²) in [5.41, 5.74) is 2.94. The topological polar surface area (TPSA) is 58.1 Å². The molecule has 154 valence electrons. The first-order valence-electron chi connectivity index (χ1n) is 10.3. The highest BCUT2D eigenvalue weighted by atomic mass is 19.1. The van der Waals surface area contributed by atoms with Crippen molar-refractivity contribution in [3.8, 4) is 0 Å². The Labute approximate surface area is 176 Å². The smallest absolute Gasteiger partial charge is 0.259 e. The van der Waals surface area contributed by atoms with E-state index < -0.39 is 0 Å². The van der Waals surface area contributed by atoms with Crippen molar-refractivity contribution in [1.82, 2.24) is 14.9 Å². The van der Waals surface area contributed by atoms with Gasteiger partial charge in [0.15, 0.2) is 0 Å². The quantitative estimate of drug-likeness (QED) is 0.655. The molecule has 0 aliphatic carbocycles. The van der Waals surface area contributed by atoms with Crippen molar-refractivity contribution in [2.45, 2.75) is 32.2 Å². The van der Waals surface area contributed by atoms with Gasteiger partial charge in [-0.25, -0.2) is 14.4 Å². The number of anilines is 1. The molecule has 0 saturated carbocycles. The van der Waals surface area contributed by atoms with E-state index in [1.807, 2.05) is 13.0 Å². The molecule has 1 aliphatic heterocycles. The number of carbonyl (C=O) groups is 1. The second kappa shape index (κ2) is 9.13. The highest BCUT2D eigenvalue weighted by Crippen LogP contribution is 2.30. The lowest BCUT2D eigenvalue weighted by Crippen LogP contribution is -2.27. The molecule has 2 aromatic carbocycles. The van der Waals surface area contributed by atoms with E-state index in [1.165, 1.54) is 29.8 Å². The summed E-state index contributed by atoms with van der Waals surface area (Å²) in [5.74, 6) is 0.139. The van der Waals surface area contributed by atoms with Crippen molar-refractivity contribution < 1.29 is 9.18 Å². The van der Waals surface area contributed by atoms with Crippen LogP contribution in [-0.2, 0) is 6.42 Å². The molecule has 5 nitrogen and oxygen atoms in total. The van der Waals surface area contributed by atoms with Crippen LogP contribution < -0.4 is 5.32 Å². The largest absolute Gasteiger partial charge is 0.322 e. The lowest BCUT2D eigenvalue weighted by Gasteiger charge is -2.23. The molecule has 1 aromatic heterocycles. The third kappa shape index (κ3) is 4.71. The van der Waals surface area contributed by atoms with Gasteiger partial charge in [-0.1, -0.05) is 30.3 Å². The van der Waals surface area contributed by atoms with Gasteiger partial charge in [0.2, 0.25) is 0 Å². The van der Waals surface area contributed by atoms with E-state index in [1.54, 1.807) is 6.20 Å². The number of aromatic nitrogens is 2. The molecular weight excluding hydrogens is 379 g/mol. The molecule has 1 atom stereocenters. The monoisotopic (exact) mass is 404 g/mol. The lowest BCUT2D eigenvalue weighted by molar-refractivity contribution is 0.102. The summed E-state index contributed by atoms with van der Waals surface area (Å²) in [4.78, 5) is 24.2. The van der Waals surface area contributed by atoms with Crippen LogP contribution in [0.4, 0.5) is 10.1 Å². The highest BCUT2D eigenvalue weighted by molar-refractivity contribution is 6.04. The van der Waals surface area contributed by atoms with Gasteiger partial charge in [0.25, 0.3) is 5.91 Å². The van der Waals surface area contributed by atoms with Crippen LogP contribution in [0, 0.1) is 12.7 Å². The SMILES string of the molecule is Cc1nc(C2CCCN2CCc2ccccc2)ncc1C(=O)Nc1ccc(F)cc1. The number of benzene rings is 2. The number of rotatable bonds is 6. The Morgan fingerprint density at radius 1 is 1.17 bits per heavy atom. The molecule has 4 rings (SSSR count). The van der Waals surface area contributed by atoms with E-state index in [0.29, 0.717) is 16.9 Å². The Balaban J connectivity index is 1.43. The Hall–Kier alpha value is -3.12. The fraction of sp³-hybridized carbons (Fsp3) is 0.292. The minimum absolute atomic E-state index is 0.182. The Morgan fingerprint density at radius 3 is 2.67 bits per heavy atom. The number of aryl methyl sites for hydroxylation is 1. The molecule has 1 unspecified atom stereocenters. The third-order valence-corrected chi connectivity index (χ3v) is 5.54. The van der Waals surface area contributed by atoms with Gasteiger partial charge in [-0.05, 0) is 62.6 Å². The maximum atomic E-state index is 13.0. The average molecular weight is 404 g/mol. The molecule has 3 aromatic rings. The highest BCUT2D eigenvalue weighted by Gasteiger charge is 2.28. The molecule has 1 N–H and O–H groups in total. The third-order valence-electron chi connectivity index (χ3n) is 5.54. The van der Waals surface area contributed by atoms with Crippen LogP contribution in [0.1, 0.15) is 46.3 Å². The van der Waals surface area contributed by atoms with Crippen LogP contribution in [0.5, 0.6) is 0 Å². The summed E-state index contributed by atoms with van der Waals surface area (Å²) >= 11 is 0. The summed E-state index contributed by atoms with van der Waals surface area (Å²) in [6.45, 7) is 3.82. The van der Waals surface area contributed by atoms with Crippen molar-refractivity contribution in [3.05, 3.63) is 89.3 Å². The normalized spacial score (nSPS) is 16.5. The van der Waals surface area contributed by atoms with Gasteiger partial charge in [-0.15, -0.1) is 0 Å². The average Bonchev–Trinajstić information content (AvgIpc) is 3.23. The molecule has 1 saturated heterocycles. The van der Waals surface area contributed by atoms with E-state index in [2.05, 4.69) is 44.5 Å². The fourth-order valence-electron chi connectivity index (χ4n) is 3.90. The number of hydrogen-bond donors (Lipinski definition) is 1. The van der Waals surface area contributed by atoms with Crippen molar-refractivity contribution in [2.24, 2.45) is 0 Å². The molecule has 6 heteroatoms.